The molecule has 0 bridgehead atoms. The highest BCUT2D eigenvalue weighted by Gasteiger charge is 2.12. The Morgan fingerprint density at radius 1 is 1.05 bits per heavy atom. The lowest BCUT2D eigenvalue weighted by Gasteiger charge is -2.12. The van der Waals surface area contributed by atoms with Crippen molar-refractivity contribution in [1.29, 1.82) is 0 Å². The van der Waals surface area contributed by atoms with Gasteiger partial charge in [0.05, 0.1) is 12.8 Å². The van der Waals surface area contributed by atoms with Crippen LogP contribution in [0.3, 0.4) is 0 Å². The van der Waals surface area contributed by atoms with E-state index in [4.69, 9.17) is 4.74 Å². The van der Waals surface area contributed by atoms with Crippen molar-refractivity contribution in [2.45, 2.75) is 0 Å². The minimum atomic E-state index is -0.257. The van der Waals surface area contributed by atoms with E-state index in [-0.39, 0.29) is 11.8 Å². The van der Waals surface area contributed by atoms with Crippen LogP contribution in [0.25, 0.3) is 0 Å². The molecular formula is C16H15BrN2O3. The minimum Gasteiger partial charge on any atom is -0.495 e. The van der Waals surface area contributed by atoms with E-state index in [9.17, 15) is 9.59 Å². The van der Waals surface area contributed by atoms with Crippen molar-refractivity contribution in [3.05, 3.63) is 58.1 Å². The average molecular weight is 363 g/mol. The highest BCUT2D eigenvalue weighted by Crippen LogP contribution is 2.26. The summed E-state index contributed by atoms with van der Waals surface area (Å²) < 4.78 is 6.06. The fourth-order valence-corrected chi connectivity index (χ4v) is 2.30. The van der Waals surface area contributed by atoms with Crippen molar-refractivity contribution in [3.8, 4) is 5.75 Å². The van der Waals surface area contributed by atoms with Gasteiger partial charge in [0.1, 0.15) is 5.75 Å². The lowest BCUT2D eigenvalue weighted by Crippen LogP contribution is -2.18. The number of nitrogens with one attached hydrogen (secondary N) is 2. The molecule has 6 heteroatoms. The Labute approximate surface area is 136 Å². The van der Waals surface area contributed by atoms with Crippen LogP contribution in [-0.2, 0) is 0 Å². The summed E-state index contributed by atoms with van der Waals surface area (Å²) in [5.41, 5.74) is 1.48. The van der Waals surface area contributed by atoms with Gasteiger partial charge in [-0.1, -0.05) is 22.0 Å². The van der Waals surface area contributed by atoms with Gasteiger partial charge in [0, 0.05) is 22.6 Å². The first kappa shape index (κ1) is 16.0. The van der Waals surface area contributed by atoms with Crippen LogP contribution in [0.4, 0.5) is 5.69 Å². The monoisotopic (exact) mass is 362 g/mol. The number of halogens is 1. The Morgan fingerprint density at radius 3 is 2.41 bits per heavy atom. The second-order valence-electron chi connectivity index (χ2n) is 4.46. The molecule has 22 heavy (non-hydrogen) atoms. The van der Waals surface area contributed by atoms with E-state index in [0.29, 0.717) is 22.6 Å². The summed E-state index contributed by atoms with van der Waals surface area (Å²) in [6, 6.07) is 11.9. The van der Waals surface area contributed by atoms with Gasteiger partial charge >= 0.3 is 0 Å². The first-order chi connectivity index (χ1) is 10.5. The van der Waals surface area contributed by atoms with Gasteiger partial charge in [0.15, 0.2) is 0 Å². The third kappa shape index (κ3) is 3.65. The average Bonchev–Trinajstić information content (AvgIpc) is 2.54. The smallest absolute Gasteiger partial charge is 0.255 e. The standard InChI is InChI=1S/C16H15BrN2O3/c1-18-15(20)11-6-7-13(14(9-11)22-2)19-16(21)10-4-3-5-12(17)8-10/h3-9H,1-2H3,(H,18,20)(H,19,21). The first-order valence-corrected chi connectivity index (χ1v) is 7.31. The molecule has 2 aromatic carbocycles. The van der Waals surface area contributed by atoms with Crippen LogP contribution < -0.4 is 15.4 Å². The zero-order chi connectivity index (χ0) is 16.1. The molecule has 0 aliphatic carbocycles. The number of rotatable bonds is 4. The van der Waals surface area contributed by atoms with Crippen LogP contribution in [-0.4, -0.2) is 26.0 Å². The van der Waals surface area contributed by atoms with E-state index in [1.165, 1.54) is 7.11 Å². The van der Waals surface area contributed by atoms with Crippen molar-refractivity contribution in [1.82, 2.24) is 5.32 Å². The van der Waals surface area contributed by atoms with Crippen molar-refractivity contribution in [3.63, 3.8) is 0 Å². The fourth-order valence-electron chi connectivity index (χ4n) is 1.90. The van der Waals surface area contributed by atoms with Crippen LogP contribution in [0.15, 0.2) is 46.9 Å². The van der Waals surface area contributed by atoms with Gasteiger partial charge in [-0.25, -0.2) is 0 Å². The molecule has 2 N–H and O–H groups in total. The molecule has 2 rings (SSSR count). The van der Waals surface area contributed by atoms with Crippen molar-refractivity contribution in [2.75, 3.05) is 19.5 Å². The third-order valence-electron chi connectivity index (χ3n) is 3.03. The summed E-state index contributed by atoms with van der Waals surface area (Å²) in [5, 5.41) is 5.31. The largest absolute Gasteiger partial charge is 0.495 e. The quantitative estimate of drug-likeness (QED) is 0.878. The topological polar surface area (TPSA) is 67.4 Å². The van der Waals surface area contributed by atoms with Crippen LogP contribution in [0.5, 0.6) is 5.75 Å². The molecule has 2 aromatic rings. The Bertz CT molecular complexity index is 716. The number of methoxy groups -OCH3 is 1. The van der Waals surface area contributed by atoms with E-state index in [1.807, 2.05) is 6.07 Å². The predicted octanol–water partition coefficient (Wildman–Crippen LogP) is 3.07. The predicted molar refractivity (Wildman–Crippen MR) is 88.5 cm³/mol. The van der Waals surface area contributed by atoms with E-state index in [2.05, 4.69) is 26.6 Å². The Morgan fingerprint density at radius 2 is 1.77 bits per heavy atom. The van der Waals surface area contributed by atoms with Crippen molar-refractivity contribution in [2.24, 2.45) is 0 Å². The molecule has 0 heterocycles. The molecule has 0 spiro atoms. The zero-order valence-corrected chi connectivity index (χ0v) is 13.7. The number of amides is 2. The van der Waals surface area contributed by atoms with Crippen molar-refractivity contribution < 1.29 is 14.3 Å². The number of benzene rings is 2. The normalized spacial score (nSPS) is 9.95. The Balaban J connectivity index is 2.25. The van der Waals surface area contributed by atoms with Crippen LogP contribution in [0, 0.1) is 0 Å². The second kappa shape index (κ2) is 7.09. The molecule has 2 amide bonds. The highest BCUT2D eigenvalue weighted by atomic mass is 79.9. The summed E-state index contributed by atoms with van der Waals surface area (Å²) in [6.45, 7) is 0. The summed E-state index contributed by atoms with van der Waals surface area (Å²) in [7, 11) is 3.04. The third-order valence-corrected chi connectivity index (χ3v) is 3.52. The van der Waals surface area contributed by atoms with Crippen molar-refractivity contribution >= 4 is 33.4 Å². The summed E-state index contributed by atoms with van der Waals surface area (Å²) in [5.74, 6) is -0.0556. The molecule has 0 radical (unpaired) electrons. The lowest BCUT2D eigenvalue weighted by molar-refractivity contribution is 0.0962. The Kier molecular flexibility index (Phi) is 5.16. The maximum atomic E-state index is 12.2. The molecule has 0 saturated carbocycles. The summed E-state index contributed by atoms with van der Waals surface area (Å²) >= 11 is 3.33. The molecule has 5 nitrogen and oxygen atoms in total. The van der Waals surface area contributed by atoms with Gasteiger partial charge in [0.2, 0.25) is 0 Å². The molecule has 0 aromatic heterocycles. The highest BCUT2D eigenvalue weighted by molar-refractivity contribution is 9.10. The minimum absolute atomic E-state index is 0.219. The number of anilines is 1. The molecule has 0 aliphatic rings. The summed E-state index contributed by atoms with van der Waals surface area (Å²) in [6.07, 6.45) is 0. The first-order valence-electron chi connectivity index (χ1n) is 6.52. The number of carbonyl (C=O) groups excluding carboxylic acids is 2. The molecule has 114 valence electrons. The molecule has 0 atom stereocenters. The second-order valence-corrected chi connectivity index (χ2v) is 5.37. The molecule has 0 aliphatic heterocycles. The molecular weight excluding hydrogens is 348 g/mol. The van der Waals surface area contributed by atoms with Crippen LogP contribution in [0.2, 0.25) is 0 Å². The number of hydrogen-bond acceptors (Lipinski definition) is 3. The fraction of sp³-hybridized carbons (Fsp3) is 0.125. The van der Waals surface area contributed by atoms with E-state index in [1.54, 1.807) is 43.4 Å². The van der Waals surface area contributed by atoms with E-state index < -0.39 is 0 Å². The van der Waals surface area contributed by atoms with Crippen LogP contribution in [0.1, 0.15) is 20.7 Å². The molecule has 0 saturated heterocycles. The summed E-state index contributed by atoms with van der Waals surface area (Å²) in [4.78, 5) is 23.9. The van der Waals surface area contributed by atoms with Gasteiger partial charge in [-0.05, 0) is 36.4 Å². The van der Waals surface area contributed by atoms with Gasteiger partial charge < -0.3 is 15.4 Å². The number of hydrogen-bond donors (Lipinski definition) is 2. The Hall–Kier alpha value is -2.34. The molecule has 0 unspecified atom stereocenters. The molecule has 0 fully saturated rings. The number of ether oxygens (including phenoxy) is 1. The van der Waals surface area contributed by atoms with Gasteiger partial charge in [-0.3, -0.25) is 9.59 Å². The van der Waals surface area contributed by atoms with Gasteiger partial charge in [-0.2, -0.15) is 0 Å². The van der Waals surface area contributed by atoms with E-state index in [0.717, 1.165) is 4.47 Å². The zero-order valence-electron chi connectivity index (χ0n) is 12.1. The van der Waals surface area contributed by atoms with Crippen LogP contribution >= 0.6 is 15.9 Å². The number of carbonyl (C=O) groups is 2. The maximum Gasteiger partial charge on any atom is 0.255 e. The lowest BCUT2D eigenvalue weighted by atomic mass is 10.1. The van der Waals surface area contributed by atoms with E-state index >= 15 is 0 Å². The van der Waals surface area contributed by atoms with Gasteiger partial charge in [-0.15, -0.1) is 0 Å². The SMILES string of the molecule is CNC(=O)c1ccc(NC(=O)c2cccc(Br)c2)c(OC)c1. The maximum absolute atomic E-state index is 12.2. The van der Waals surface area contributed by atoms with Gasteiger partial charge in [0.25, 0.3) is 11.8 Å².